The van der Waals surface area contributed by atoms with Crippen molar-refractivity contribution in [1.82, 2.24) is 14.8 Å². The maximum Gasteiger partial charge on any atom is 0.270 e. The van der Waals surface area contributed by atoms with Gasteiger partial charge >= 0.3 is 0 Å². The molecule has 2 heterocycles. The molecule has 1 saturated heterocycles. The molecule has 1 aliphatic rings. The minimum Gasteiger partial charge on any atom is -0.397 e. The molecule has 2 amide bonds. The molecule has 3 N–H and O–H groups in total. The van der Waals surface area contributed by atoms with Gasteiger partial charge in [-0.05, 0) is 25.8 Å². The smallest absolute Gasteiger partial charge is 0.270 e. The van der Waals surface area contributed by atoms with Crippen molar-refractivity contribution >= 4 is 17.5 Å². The number of piperidine rings is 1. The lowest BCUT2D eigenvalue weighted by Gasteiger charge is -2.33. The molecule has 1 aliphatic heterocycles. The minimum atomic E-state index is -0.0505. The Labute approximate surface area is 118 Å². The molecule has 110 valence electrons. The van der Waals surface area contributed by atoms with Gasteiger partial charge in [-0.3, -0.25) is 9.59 Å². The lowest BCUT2D eigenvalue weighted by Crippen LogP contribution is -2.49. The fraction of sp³-hybridized carbons (Fsp3) is 0.571. The highest BCUT2D eigenvalue weighted by Gasteiger charge is 2.26. The highest BCUT2D eigenvalue weighted by molar-refractivity contribution is 5.94. The molecule has 0 aromatic carbocycles. The lowest BCUT2D eigenvalue weighted by molar-refractivity contribution is -0.120. The number of hydrogen-bond donors (Lipinski definition) is 2. The number of rotatable bonds is 3. The Balaban J connectivity index is 2.10. The Hall–Kier alpha value is -1.98. The van der Waals surface area contributed by atoms with Crippen LogP contribution in [-0.4, -0.2) is 40.4 Å². The summed E-state index contributed by atoms with van der Waals surface area (Å²) in [6, 6.07) is 1.76. The van der Waals surface area contributed by atoms with E-state index in [4.69, 9.17) is 5.73 Å². The SMILES string of the molecule is CCn1cc(N)cc1C(=O)N1CCCC(NC(C)=O)C1. The highest BCUT2D eigenvalue weighted by atomic mass is 16.2. The Kier molecular flexibility index (Phi) is 4.32. The molecular weight excluding hydrogens is 256 g/mol. The van der Waals surface area contributed by atoms with E-state index >= 15 is 0 Å². The van der Waals surface area contributed by atoms with E-state index in [1.807, 2.05) is 11.5 Å². The first-order chi connectivity index (χ1) is 9.51. The summed E-state index contributed by atoms with van der Waals surface area (Å²) < 4.78 is 1.86. The molecule has 1 aromatic heterocycles. The van der Waals surface area contributed by atoms with Gasteiger partial charge in [-0.15, -0.1) is 0 Å². The van der Waals surface area contributed by atoms with Crippen molar-refractivity contribution in [2.45, 2.75) is 39.3 Å². The van der Waals surface area contributed by atoms with Gasteiger partial charge in [0.15, 0.2) is 0 Å². The third kappa shape index (κ3) is 3.12. The number of aromatic nitrogens is 1. The third-order valence-electron chi connectivity index (χ3n) is 3.59. The molecule has 1 atom stereocenters. The van der Waals surface area contributed by atoms with Gasteiger partial charge in [0.25, 0.3) is 5.91 Å². The molecule has 1 aromatic rings. The first-order valence-electron chi connectivity index (χ1n) is 7.03. The molecule has 2 rings (SSSR count). The number of hydrogen-bond acceptors (Lipinski definition) is 3. The summed E-state index contributed by atoms with van der Waals surface area (Å²) in [4.78, 5) is 25.5. The van der Waals surface area contributed by atoms with E-state index in [0.717, 1.165) is 19.4 Å². The van der Waals surface area contributed by atoms with Crippen LogP contribution in [-0.2, 0) is 11.3 Å². The van der Waals surface area contributed by atoms with Crippen LogP contribution in [0.1, 0.15) is 37.2 Å². The van der Waals surface area contributed by atoms with E-state index in [9.17, 15) is 9.59 Å². The quantitative estimate of drug-likeness (QED) is 0.859. The van der Waals surface area contributed by atoms with Gasteiger partial charge in [-0.2, -0.15) is 0 Å². The number of amides is 2. The van der Waals surface area contributed by atoms with Crippen molar-refractivity contribution < 1.29 is 9.59 Å². The van der Waals surface area contributed by atoms with Crippen molar-refractivity contribution in [2.24, 2.45) is 0 Å². The van der Waals surface area contributed by atoms with E-state index in [0.29, 0.717) is 24.5 Å². The number of carbonyl (C=O) groups is 2. The monoisotopic (exact) mass is 278 g/mol. The topological polar surface area (TPSA) is 80.4 Å². The Morgan fingerprint density at radius 1 is 1.50 bits per heavy atom. The van der Waals surface area contributed by atoms with Crippen molar-refractivity contribution in [2.75, 3.05) is 18.8 Å². The fourth-order valence-corrected chi connectivity index (χ4v) is 2.70. The van der Waals surface area contributed by atoms with Crippen LogP contribution >= 0.6 is 0 Å². The standard InChI is InChI=1S/C14H22N4O2/c1-3-17-8-11(15)7-13(17)14(20)18-6-4-5-12(9-18)16-10(2)19/h7-8,12H,3-6,9,15H2,1-2H3,(H,16,19). The number of anilines is 1. The van der Waals surface area contributed by atoms with E-state index in [-0.39, 0.29) is 17.9 Å². The van der Waals surface area contributed by atoms with Gasteiger partial charge in [0.2, 0.25) is 5.91 Å². The number of aryl methyl sites for hydroxylation is 1. The Morgan fingerprint density at radius 3 is 2.90 bits per heavy atom. The van der Waals surface area contributed by atoms with Crippen LogP contribution < -0.4 is 11.1 Å². The minimum absolute atomic E-state index is 0.0152. The van der Waals surface area contributed by atoms with Crippen LogP contribution in [0.2, 0.25) is 0 Å². The van der Waals surface area contributed by atoms with Crippen molar-refractivity contribution in [3.63, 3.8) is 0 Å². The summed E-state index contributed by atoms with van der Waals surface area (Å²) in [5, 5.41) is 2.89. The highest BCUT2D eigenvalue weighted by Crippen LogP contribution is 2.17. The normalized spacial score (nSPS) is 18.9. The van der Waals surface area contributed by atoms with Gasteiger partial charge < -0.3 is 20.5 Å². The number of nitrogens with two attached hydrogens (primary N) is 1. The van der Waals surface area contributed by atoms with Crippen LogP contribution in [0.3, 0.4) is 0 Å². The molecule has 6 nitrogen and oxygen atoms in total. The molecule has 6 heteroatoms. The first-order valence-corrected chi connectivity index (χ1v) is 7.03. The number of nitrogen functional groups attached to an aromatic ring is 1. The average Bonchev–Trinajstić information content (AvgIpc) is 2.78. The maximum absolute atomic E-state index is 12.6. The van der Waals surface area contributed by atoms with Gasteiger partial charge in [0, 0.05) is 38.8 Å². The van der Waals surface area contributed by atoms with Gasteiger partial charge in [0.05, 0.1) is 5.69 Å². The zero-order chi connectivity index (χ0) is 14.7. The van der Waals surface area contributed by atoms with Crippen LogP contribution in [0.25, 0.3) is 0 Å². The molecule has 0 bridgehead atoms. The van der Waals surface area contributed by atoms with E-state index in [1.54, 1.807) is 17.2 Å². The summed E-state index contributed by atoms with van der Waals surface area (Å²) in [6.07, 6.45) is 3.60. The van der Waals surface area contributed by atoms with Crippen molar-refractivity contribution in [1.29, 1.82) is 0 Å². The Morgan fingerprint density at radius 2 is 2.25 bits per heavy atom. The average molecular weight is 278 g/mol. The predicted octanol–water partition coefficient (Wildman–Crippen LogP) is 0.831. The summed E-state index contributed by atoms with van der Waals surface area (Å²) in [5.41, 5.74) is 6.99. The molecular formula is C14H22N4O2. The van der Waals surface area contributed by atoms with Gasteiger partial charge in [-0.25, -0.2) is 0 Å². The number of nitrogens with one attached hydrogen (secondary N) is 1. The zero-order valence-electron chi connectivity index (χ0n) is 12.1. The van der Waals surface area contributed by atoms with Crippen LogP contribution in [0, 0.1) is 0 Å². The number of likely N-dealkylation sites (tertiary alicyclic amines) is 1. The summed E-state index contributed by atoms with van der Waals surface area (Å²) in [5.74, 6) is -0.0657. The summed E-state index contributed by atoms with van der Waals surface area (Å²) in [7, 11) is 0. The number of nitrogens with zero attached hydrogens (tertiary/aromatic N) is 2. The predicted molar refractivity (Wildman–Crippen MR) is 77.3 cm³/mol. The number of carbonyl (C=O) groups excluding carboxylic acids is 2. The summed E-state index contributed by atoms with van der Waals surface area (Å²) in [6.45, 7) is 5.48. The maximum atomic E-state index is 12.6. The van der Waals surface area contributed by atoms with Gasteiger partial charge in [-0.1, -0.05) is 0 Å². The van der Waals surface area contributed by atoms with Gasteiger partial charge in [0.1, 0.15) is 5.69 Å². The fourth-order valence-electron chi connectivity index (χ4n) is 2.70. The molecule has 1 fully saturated rings. The molecule has 0 aliphatic carbocycles. The van der Waals surface area contributed by atoms with E-state index < -0.39 is 0 Å². The lowest BCUT2D eigenvalue weighted by atomic mass is 10.1. The van der Waals surface area contributed by atoms with E-state index in [2.05, 4.69) is 5.32 Å². The first kappa shape index (κ1) is 14.4. The van der Waals surface area contributed by atoms with E-state index in [1.165, 1.54) is 6.92 Å². The molecule has 1 unspecified atom stereocenters. The van der Waals surface area contributed by atoms with Crippen LogP contribution in [0.4, 0.5) is 5.69 Å². The molecule has 0 spiro atoms. The van der Waals surface area contributed by atoms with Crippen LogP contribution in [0.15, 0.2) is 12.3 Å². The van der Waals surface area contributed by atoms with Crippen LogP contribution in [0.5, 0.6) is 0 Å². The van der Waals surface area contributed by atoms with Crippen molar-refractivity contribution in [3.8, 4) is 0 Å². The molecule has 0 saturated carbocycles. The molecule has 20 heavy (non-hydrogen) atoms. The second kappa shape index (κ2) is 5.98. The summed E-state index contributed by atoms with van der Waals surface area (Å²) >= 11 is 0. The van der Waals surface area contributed by atoms with Crippen molar-refractivity contribution in [3.05, 3.63) is 18.0 Å². The molecule has 0 radical (unpaired) electrons. The zero-order valence-corrected chi connectivity index (χ0v) is 12.1. The Bertz CT molecular complexity index is 509. The largest absolute Gasteiger partial charge is 0.397 e. The second-order valence-electron chi connectivity index (χ2n) is 5.24. The second-order valence-corrected chi connectivity index (χ2v) is 5.24. The third-order valence-corrected chi connectivity index (χ3v) is 3.59.